The van der Waals surface area contributed by atoms with Gasteiger partial charge in [0.15, 0.2) is 5.75 Å². The number of benzene rings is 9. The molecule has 13 rings (SSSR count). The third kappa shape index (κ3) is 5.55. The lowest BCUT2D eigenvalue weighted by molar-refractivity contribution is 0.440. The SMILES string of the molecule is CC1CC=CC=C1c1ccc(N(c2ccc(-n3c4ccccc4c4ccc5c(c43)Oc3ccccc3C53c4ccccc4-c4ccccc43)cc2)c2ccccc2-c2ccccc2)cc1. The second-order valence-corrected chi connectivity index (χ2v) is 17.6. The minimum atomic E-state index is -0.554. The number of allylic oxidation sites excluding steroid dienone is 4. The summed E-state index contributed by atoms with van der Waals surface area (Å²) in [5.74, 6) is 2.26. The van der Waals surface area contributed by atoms with Crippen molar-refractivity contribution in [2.24, 2.45) is 5.92 Å². The maximum absolute atomic E-state index is 7.26. The van der Waals surface area contributed by atoms with E-state index in [1.54, 1.807) is 0 Å². The Labute approximate surface area is 379 Å². The van der Waals surface area contributed by atoms with E-state index in [2.05, 4.69) is 247 Å². The van der Waals surface area contributed by atoms with Crippen LogP contribution in [0.2, 0.25) is 0 Å². The van der Waals surface area contributed by atoms with Gasteiger partial charge in [-0.25, -0.2) is 0 Å². The van der Waals surface area contributed by atoms with E-state index in [-0.39, 0.29) is 0 Å². The molecule has 0 amide bonds. The monoisotopic (exact) mass is 832 g/mol. The van der Waals surface area contributed by atoms with Gasteiger partial charge in [0.1, 0.15) is 5.75 Å². The quantitative estimate of drug-likeness (QED) is 0.166. The van der Waals surface area contributed by atoms with Crippen LogP contribution in [-0.2, 0) is 5.41 Å². The number of ether oxygens (including phenoxy) is 1. The normalized spacial score (nSPS) is 15.2. The highest BCUT2D eigenvalue weighted by atomic mass is 16.5. The molecule has 0 fully saturated rings. The third-order valence-electron chi connectivity index (χ3n) is 14.1. The lowest BCUT2D eigenvalue weighted by Gasteiger charge is -2.39. The van der Waals surface area contributed by atoms with E-state index in [4.69, 9.17) is 4.74 Å². The minimum Gasteiger partial charge on any atom is -0.454 e. The minimum absolute atomic E-state index is 0.482. The van der Waals surface area contributed by atoms with Crippen molar-refractivity contribution in [2.75, 3.05) is 4.90 Å². The first-order valence-electron chi connectivity index (χ1n) is 22.7. The Bertz CT molecular complexity index is 3510. The molecular formula is C62H44N2O. The van der Waals surface area contributed by atoms with Gasteiger partial charge in [-0.3, -0.25) is 0 Å². The molecule has 1 spiro atoms. The molecule has 3 aliphatic rings. The van der Waals surface area contributed by atoms with Crippen LogP contribution in [0.4, 0.5) is 17.1 Å². The van der Waals surface area contributed by atoms with Crippen LogP contribution in [0.25, 0.3) is 55.3 Å². The molecule has 9 aromatic carbocycles. The number of hydrogen-bond acceptors (Lipinski definition) is 2. The van der Waals surface area contributed by atoms with Gasteiger partial charge in [-0.1, -0.05) is 183 Å². The number of para-hydroxylation sites is 3. The molecule has 3 nitrogen and oxygen atoms in total. The molecule has 1 unspecified atom stereocenters. The van der Waals surface area contributed by atoms with E-state index < -0.39 is 5.41 Å². The maximum atomic E-state index is 7.26. The van der Waals surface area contributed by atoms with Crippen LogP contribution in [0.15, 0.2) is 231 Å². The fraction of sp³-hybridized carbons (Fsp3) is 0.0645. The van der Waals surface area contributed by atoms with E-state index in [1.807, 2.05) is 0 Å². The van der Waals surface area contributed by atoms with Crippen molar-refractivity contribution in [1.29, 1.82) is 0 Å². The third-order valence-corrected chi connectivity index (χ3v) is 14.1. The van der Waals surface area contributed by atoms with Gasteiger partial charge in [0.25, 0.3) is 0 Å². The molecule has 1 aliphatic heterocycles. The molecule has 3 heteroatoms. The summed E-state index contributed by atoms with van der Waals surface area (Å²) in [4.78, 5) is 2.40. The van der Waals surface area contributed by atoms with Crippen molar-refractivity contribution >= 4 is 44.4 Å². The smallest absolute Gasteiger partial charge is 0.156 e. The predicted octanol–water partition coefficient (Wildman–Crippen LogP) is 16.4. The van der Waals surface area contributed by atoms with Crippen molar-refractivity contribution in [3.63, 3.8) is 0 Å². The molecule has 1 atom stereocenters. The zero-order valence-corrected chi connectivity index (χ0v) is 36.0. The number of nitrogens with zero attached hydrogens (tertiary/aromatic N) is 2. The molecule has 0 saturated heterocycles. The number of fused-ring (bicyclic) bond motifs is 13. The fourth-order valence-electron chi connectivity index (χ4n) is 11.3. The maximum Gasteiger partial charge on any atom is 0.156 e. The molecular weight excluding hydrogens is 789 g/mol. The average Bonchev–Trinajstić information content (AvgIpc) is 3.87. The van der Waals surface area contributed by atoms with Crippen molar-refractivity contribution in [3.8, 4) is 39.4 Å². The second-order valence-electron chi connectivity index (χ2n) is 17.6. The summed E-state index contributed by atoms with van der Waals surface area (Å²) in [6, 6.07) is 77.7. The van der Waals surface area contributed by atoms with E-state index in [9.17, 15) is 0 Å². The van der Waals surface area contributed by atoms with E-state index >= 15 is 0 Å². The van der Waals surface area contributed by atoms with Crippen LogP contribution < -0.4 is 9.64 Å². The van der Waals surface area contributed by atoms with E-state index in [0.717, 1.165) is 62.7 Å². The van der Waals surface area contributed by atoms with Gasteiger partial charge in [0.2, 0.25) is 0 Å². The lowest BCUT2D eigenvalue weighted by atomic mass is 9.66. The molecule has 0 bridgehead atoms. The molecule has 0 radical (unpaired) electrons. The summed E-state index contributed by atoms with van der Waals surface area (Å²) in [7, 11) is 0. The second kappa shape index (κ2) is 14.7. The number of hydrogen-bond donors (Lipinski definition) is 0. The van der Waals surface area contributed by atoms with Gasteiger partial charge in [-0.2, -0.15) is 0 Å². The average molecular weight is 833 g/mol. The first-order chi connectivity index (χ1) is 32.2. The first kappa shape index (κ1) is 37.4. The Kier molecular flexibility index (Phi) is 8.48. The number of aromatic nitrogens is 1. The summed E-state index contributed by atoms with van der Waals surface area (Å²) in [5, 5.41) is 2.35. The zero-order valence-electron chi connectivity index (χ0n) is 36.0. The van der Waals surface area contributed by atoms with Gasteiger partial charge in [-0.15, -0.1) is 0 Å². The molecule has 10 aromatic rings. The van der Waals surface area contributed by atoms with Gasteiger partial charge < -0.3 is 14.2 Å². The number of anilines is 3. The molecule has 308 valence electrons. The summed E-state index contributed by atoms with van der Waals surface area (Å²) in [5.41, 5.74) is 18.4. The van der Waals surface area contributed by atoms with Crippen LogP contribution in [-0.4, -0.2) is 4.57 Å². The molecule has 0 saturated carbocycles. The lowest BCUT2D eigenvalue weighted by Crippen LogP contribution is -2.32. The topological polar surface area (TPSA) is 17.4 Å². The molecule has 1 aromatic heterocycles. The van der Waals surface area contributed by atoms with Crippen molar-refractivity contribution < 1.29 is 4.74 Å². The van der Waals surface area contributed by atoms with Crippen molar-refractivity contribution in [1.82, 2.24) is 4.57 Å². The Balaban J connectivity index is 1.01. The van der Waals surface area contributed by atoms with Gasteiger partial charge >= 0.3 is 0 Å². The van der Waals surface area contributed by atoms with Crippen molar-refractivity contribution in [3.05, 3.63) is 258 Å². The Morgan fingerprint density at radius 2 is 1.12 bits per heavy atom. The van der Waals surface area contributed by atoms with E-state index in [1.165, 1.54) is 55.5 Å². The molecule has 2 heterocycles. The van der Waals surface area contributed by atoms with E-state index in [0.29, 0.717) is 5.92 Å². The first-order valence-corrected chi connectivity index (χ1v) is 22.7. The highest BCUT2D eigenvalue weighted by Gasteiger charge is 2.51. The molecule has 0 N–H and O–H groups in total. The zero-order chi connectivity index (χ0) is 43.1. The summed E-state index contributed by atoms with van der Waals surface area (Å²) in [6.45, 7) is 2.32. The van der Waals surface area contributed by atoms with Crippen LogP contribution in [0.3, 0.4) is 0 Å². The summed E-state index contributed by atoms with van der Waals surface area (Å²) >= 11 is 0. The Morgan fingerprint density at radius 3 is 1.86 bits per heavy atom. The van der Waals surface area contributed by atoms with Crippen LogP contribution in [0.1, 0.15) is 41.2 Å². The Morgan fingerprint density at radius 1 is 0.508 bits per heavy atom. The van der Waals surface area contributed by atoms with Gasteiger partial charge in [0, 0.05) is 44.5 Å². The standard InChI is InChI=1S/C62H44N2O/c1-41-17-5-6-20-47(41)43-31-33-44(34-32-43)63(57-28-14-9-21-48(57)42-18-3-2-4-19-42)45-35-37-46(38-36-45)64-58-29-15-10-24-51(58)52-39-40-56-61(60(52)64)65-59-30-16-13-27-55(59)62(56)53-25-11-7-22-49(53)50-23-8-12-26-54(50)62/h2-16,18-41H,17H2,1H3. The number of rotatable bonds is 6. The largest absolute Gasteiger partial charge is 0.454 e. The highest BCUT2D eigenvalue weighted by molar-refractivity contribution is 6.12. The fourth-order valence-corrected chi connectivity index (χ4v) is 11.3. The Hall–Kier alpha value is -8.14. The summed E-state index contributed by atoms with van der Waals surface area (Å²) in [6.07, 6.45) is 7.79. The molecule has 65 heavy (non-hydrogen) atoms. The highest BCUT2D eigenvalue weighted by Crippen LogP contribution is 2.63. The van der Waals surface area contributed by atoms with Crippen LogP contribution >= 0.6 is 0 Å². The molecule has 2 aliphatic carbocycles. The van der Waals surface area contributed by atoms with Crippen LogP contribution in [0, 0.1) is 5.92 Å². The van der Waals surface area contributed by atoms with Gasteiger partial charge in [0.05, 0.1) is 22.1 Å². The van der Waals surface area contributed by atoms with Crippen molar-refractivity contribution in [2.45, 2.75) is 18.8 Å². The summed E-state index contributed by atoms with van der Waals surface area (Å²) < 4.78 is 9.68. The predicted molar refractivity (Wildman–Crippen MR) is 269 cm³/mol. The van der Waals surface area contributed by atoms with Crippen LogP contribution in [0.5, 0.6) is 11.5 Å². The van der Waals surface area contributed by atoms with Gasteiger partial charge in [-0.05, 0) is 106 Å².